The molecule has 2 N–H and O–H groups in total. The first-order valence-electron chi connectivity index (χ1n) is 12.1. The molecule has 10 nitrogen and oxygen atoms in total. The van der Waals surface area contributed by atoms with Gasteiger partial charge in [-0.05, 0) is 73.9 Å². The van der Waals surface area contributed by atoms with E-state index in [0.29, 0.717) is 17.1 Å². The Hall–Kier alpha value is -4.38. The summed E-state index contributed by atoms with van der Waals surface area (Å²) in [5.74, 6) is 0.0425. The molecule has 38 heavy (non-hydrogen) atoms. The zero-order valence-electron chi connectivity index (χ0n) is 20.8. The number of para-hydroxylation sites is 1. The van der Waals surface area contributed by atoms with Gasteiger partial charge in [0.2, 0.25) is 5.91 Å². The Morgan fingerprint density at radius 3 is 2.37 bits per heavy atom. The fourth-order valence-electron chi connectivity index (χ4n) is 4.22. The third kappa shape index (κ3) is 6.48. The summed E-state index contributed by atoms with van der Waals surface area (Å²) in [4.78, 5) is 25.4. The summed E-state index contributed by atoms with van der Waals surface area (Å²) in [5.41, 5.74) is 1.36. The van der Waals surface area contributed by atoms with Gasteiger partial charge in [0.15, 0.2) is 0 Å². The van der Waals surface area contributed by atoms with Crippen molar-refractivity contribution >= 4 is 44.8 Å². The molecule has 1 heterocycles. The van der Waals surface area contributed by atoms with Gasteiger partial charge in [0.05, 0.1) is 23.3 Å². The molecule has 1 aliphatic heterocycles. The number of sulfonamides is 1. The minimum atomic E-state index is -4.02. The predicted molar refractivity (Wildman–Crippen MR) is 147 cm³/mol. The molecule has 1 saturated heterocycles. The van der Waals surface area contributed by atoms with Crippen LogP contribution < -0.4 is 19.7 Å². The van der Waals surface area contributed by atoms with Crippen LogP contribution in [0.1, 0.15) is 24.8 Å². The van der Waals surface area contributed by atoms with Crippen molar-refractivity contribution in [2.24, 2.45) is 0 Å². The summed E-state index contributed by atoms with van der Waals surface area (Å²) in [7, 11) is -2.49. The lowest BCUT2D eigenvalue weighted by atomic mass is 10.1. The first-order chi connectivity index (χ1) is 18.3. The molecule has 0 radical (unpaired) electrons. The van der Waals surface area contributed by atoms with E-state index in [4.69, 9.17) is 4.74 Å². The molecule has 0 aromatic heterocycles. The lowest BCUT2D eigenvalue weighted by Crippen LogP contribution is -2.31. The topological polar surface area (TPSA) is 131 Å². The first-order valence-corrected chi connectivity index (χ1v) is 13.5. The Morgan fingerprint density at radius 1 is 1.00 bits per heavy atom. The molecule has 11 heteroatoms. The Morgan fingerprint density at radius 2 is 1.68 bits per heavy atom. The molecule has 0 unspecified atom stereocenters. The second kappa shape index (κ2) is 11.8. The lowest BCUT2D eigenvalue weighted by molar-refractivity contribution is -0.385. The Labute approximate surface area is 221 Å². The largest absolute Gasteiger partial charge is 0.497 e. The standard InChI is InChI=1S/C27H28N4O6S/c1-37-23-13-10-21(11-14-23)29-38(35,36)26-19-22(12-15-25(26)30-17-5-2-6-18-30)28-27(32)16-9-20-7-3-4-8-24(20)31(33)34/h3-4,7-16,19,29H,2,5-6,17-18H2,1H3,(H,28,32). The first kappa shape index (κ1) is 26.7. The molecule has 1 amide bonds. The molecule has 3 aromatic rings. The maximum Gasteiger partial charge on any atom is 0.276 e. The van der Waals surface area contributed by atoms with Crippen LogP contribution in [0.4, 0.5) is 22.7 Å². The highest BCUT2D eigenvalue weighted by atomic mass is 32.2. The van der Waals surface area contributed by atoms with Gasteiger partial charge in [-0.25, -0.2) is 8.42 Å². The van der Waals surface area contributed by atoms with Gasteiger partial charge in [0, 0.05) is 36.6 Å². The van der Waals surface area contributed by atoms with Crippen molar-refractivity contribution in [2.45, 2.75) is 24.2 Å². The fourth-order valence-corrected chi connectivity index (χ4v) is 5.53. The smallest absolute Gasteiger partial charge is 0.276 e. The van der Waals surface area contributed by atoms with Gasteiger partial charge in [-0.2, -0.15) is 0 Å². The van der Waals surface area contributed by atoms with E-state index in [2.05, 4.69) is 10.0 Å². The van der Waals surface area contributed by atoms with Crippen molar-refractivity contribution in [3.05, 3.63) is 88.5 Å². The minimum absolute atomic E-state index is 0.0377. The fraction of sp³-hybridized carbons (Fsp3) is 0.222. The number of carbonyl (C=O) groups is 1. The summed E-state index contributed by atoms with van der Waals surface area (Å²) in [5, 5.41) is 13.9. The van der Waals surface area contributed by atoms with Gasteiger partial charge in [0.25, 0.3) is 15.7 Å². The average Bonchev–Trinajstić information content (AvgIpc) is 2.92. The van der Waals surface area contributed by atoms with Gasteiger partial charge in [-0.15, -0.1) is 0 Å². The third-order valence-corrected chi connectivity index (χ3v) is 7.51. The average molecular weight is 537 g/mol. The highest BCUT2D eigenvalue weighted by Crippen LogP contribution is 2.32. The van der Waals surface area contributed by atoms with Crippen molar-refractivity contribution < 1.29 is 22.9 Å². The van der Waals surface area contributed by atoms with E-state index in [-0.39, 0.29) is 21.8 Å². The minimum Gasteiger partial charge on any atom is -0.497 e. The number of nitrogens with zero attached hydrogens (tertiary/aromatic N) is 2. The Balaban J connectivity index is 1.61. The maximum absolute atomic E-state index is 13.5. The van der Waals surface area contributed by atoms with Gasteiger partial charge in [-0.1, -0.05) is 12.1 Å². The lowest BCUT2D eigenvalue weighted by Gasteiger charge is -2.30. The molecule has 0 bridgehead atoms. The zero-order valence-corrected chi connectivity index (χ0v) is 21.6. The summed E-state index contributed by atoms with van der Waals surface area (Å²) in [6.07, 6.45) is 5.52. The number of hydrogen-bond acceptors (Lipinski definition) is 7. The quantitative estimate of drug-likeness (QED) is 0.222. The monoisotopic (exact) mass is 536 g/mol. The van der Waals surface area contributed by atoms with Crippen molar-refractivity contribution in [3.63, 3.8) is 0 Å². The van der Waals surface area contributed by atoms with Gasteiger partial charge >= 0.3 is 0 Å². The van der Waals surface area contributed by atoms with E-state index < -0.39 is 20.9 Å². The number of carbonyl (C=O) groups excluding carboxylic acids is 1. The van der Waals surface area contributed by atoms with E-state index in [1.807, 2.05) is 4.90 Å². The molecule has 4 rings (SSSR count). The molecule has 1 fully saturated rings. The van der Waals surface area contributed by atoms with Crippen molar-refractivity contribution in [1.29, 1.82) is 0 Å². The van der Waals surface area contributed by atoms with E-state index in [0.717, 1.165) is 32.4 Å². The van der Waals surface area contributed by atoms with Crippen molar-refractivity contribution in [3.8, 4) is 5.75 Å². The van der Waals surface area contributed by atoms with Crippen LogP contribution >= 0.6 is 0 Å². The highest BCUT2D eigenvalue weighted by molar-refractivity contribution is 7.92. The number of methoxy groups -OCH3 is 1. The van der Waals surface area contributed by atoms with Crippen molar-refractivity contribution in [1.82, 2.24) is 0 Å². The second-order valence-electron chi connectivity index (χ2n) is 8.70. The van der Waals surface area contributed by atoms with Crippen LogP contribution in [0.25, 0.3) is 6.08 Å². The number of nitrogens with one attached hydrogen (secondary N) is 2. The van der Waals surface area contributed by atoms with Crippen LogP contribution in [-0.2, 0) is 14.8 Å². The molecule has 0 atom stereocenters. The van der Waals surface area contributed by atoms with Crippen LogP contribution in [0.2, 0.25) is 0 Å². The molecule has 0 aliphatic carbocycles. The number of rotatable bonds is 9. The van der Waals surface area contributed by atoms with Gasteiger partial charge in [-0.3, -0.25) is 19.6 Å². The van der Waals surface area contributed by atoms with Crippen LogP contribution in [0.5, 0.6) is 5.75 Å². The Bertz CT molecular complexity index is 1450. The predicted octanol–water partition coefficient (Wildman–Crippen LogP) is 5.05. The van der Waals surface area contributed by atoms with E-state index in [9.17, 15) is 23.3 Å². The SMILES string of the molecule is COc1ccc(NS(=O)(=O)c2cc(NC(=O)C=Cc3ccccc3[N+](=O)[O-])ccc2N2CCCCC2)cc1. The molecule has 0 saturated carbocycles. The third-order valence-electron chi connectivity index (χ3n) is 6.10. The zero-order chi connectivity index (χ0) is 27.1. The van der Waals surface area contributed by atoms with E-state index in [1.165, 1.54) is 37.5 Å². The van der Waals surface area contributed by atoms with Crippen molar-refractivity contribution in [2.75, 3.05) is 35.1 Å². The highest BCUT2D eigenvalue weighted by Gasteiger charge is 2.24. The molecular formula is C27H28N4O6S. The van der Waals surface area contributed by atoms with Gasteiger partial charge < -0.3 is 15.0 Å². The number of piperidine rings is 1. The maximum atomic E-state index is 13.5. The number of nitro benzene ring substituents is 1. The van der Waals surface area contributed by atoms with Crippen LogP contribution in [0.3, 0.4) is 0 Å². The summed E-state index contributed by atoms with van der Waals surface area (Å²) < 4.78 is 34.8. The number of benzene rings is 3. The van der Waals surface area contributed by atoms with Gasteiger partial charge in [0.1, 0.15) is 10.6 Å². The number of amides is 1. The number of ether oxygens (including phenoxy) is 1. The number of nitro groups is 1. The molecular weight excluding hydrogens is 508 g/mol. The number of anilines is 3. The number of hydrogen-bond donors (Lipinski definition) is 2. The van der Waals surface area contributed by atoms with Crippen LogP contribution in [0, 0.1) is 10.1 Å². The second-order valence-corrected chi connectivity index (χ2v) is 10.4. The summed E-state index contributed by atoms with van der Waals surface area (Å²) in [6, 6.07) is 17.3. The molecule has 198 valence electrons. The summed E-state index contributed by atoms with van der Waals surface area (Å²) >= 11 is 0. The summed E-state index contributed by atoms with van der Waals surface area (Å²) in [6.45, 7) is 1.46. The van der Waals surface area contributed by atoms with Crippen LogP contribution in [0.15, 0.2) is 77.7 Å². The Kier molecular flexibility index (Phi) is 8.27. The molecule has 3 aromatic carbocycles. The molecule has 1 aliphatic rings. The molecule has 0 spiro atoms. The van der Waals surface area contributed by atoms with Crippen LogP contribution in [-0.4, -0.2) is 39.4 Å². The van der Waals surface area contributed by atoms with E-state index >= 15 is 0 Å². The van der Waals surface area contributed by atoms with E-state index in [1.54, 1.807) is 48.5 Å². The normalized spacial score (nSPS) is 13.8.